The number of rotatable bonds is 2. The van der Waals surface area contributed by atoms with E-state index in [0.29, 0.717) is 5.56 Å². The maximum atomic E-state index is 11.8. The summed E-state index contributed by atoms with van der Waals surface area (Å²) in [6.45, 7) is 3.84. The monoisotopic (exact) mass is 327 g/mol. The van der Waals surface area contributed by atoms with Gasteiger partial charge in [0.05, 0.1) is 12.7 Å². The summed E-state index contributed by atoms with van der Waals surface area (Å²) in [4.78, 5) is 23.3. The van der Waals surface area contributed by atoms with Gasteiger partial charge in [-0.2, -0.15) is 0 Å². The summed E-state index contributed by atoms with van der Waals surface area (Å²) in [5.74, 6) is -0.301. The first kappa shape index (κ1) is 14.3. The molecular weight excluding hydrogens is 310 g/mol. The first-order valence-electron chi connectivity index (χ1n) is 7.55. The number of benzene rings is 1. The zero-order chi connectivity index (χ0) is 16.0. The molecule has 1 aliphatic heterocycles. The molecule has 0 saturated heterocycles. The molecule has 1 aliphatic rings. The van der Waals surface area contributed by atoms with Crippen molar-refractivity contribution in [3.05, 3.63) is 46.1 Å². The van der Waals surface area contributed by atoms with E-state index >= 15 is 0 Å². The number of H-pyrrole nitrogens is 1. The fourth-order valence-electron chi connectivity index (χ4n) is 3.11. The molecule has 2 aromatic heterocycles. The Balaban J connectivity index is 1.75. The number of nitrogens with one attached hydrogen (secondary N) is 1. The van der Waals surface area contributed by atoms with E-state index < -0.39 is 0 Å². The van der Waals surface area contributed by atoms with Crippen LogP contribution < -0.4 is 4.90 Å². The van der Waals surface area contributed by atoms with Crippen LogP contribution >= 0.6 is 11.3 Å². The van der Waals surface area contributed by atoms with Gasteiger partial charge >= 0.3 is 5.97 Å². The van der Waals surface area contributed by atoms with Gasteiger partial charge in [0.15, 0.2) is 5.13 Å². The number of nitrogens with zero attached hydrogens (tertiary/aromatic N) is 2. The number of thiazole rings is 1. The number of hydrogen-bond donors (Lipinski definition) is 1. The van der Waals surface area contributed by atoms with Gasteiger partial charge in [-0.1, -0.05) is 0 Å². The normalized spacial score (nSPS) is 14.1. The third kappa shape index (κ3) is 2.39. The maximum absolute atomic E-state index is 11.8. The van der Waals surface area contributed by atoms with Gasteiger partial charge in [-0.05, 0) is 25.1 Å². The molecular formula is C17H17N3O2S. The van der Waals surface area contributed by atoms with E-state index in [1.54, 1.807) is 17.4 Å². The number of ether oxygens (including phenoxy) is 1. The number of carbonyl (C=O) groups is 1. The molecule has 0 amide bonds. The number of carbonyl (C=O) groups excluding carboxylic acids is 1. The standard InChI is InChI=1S/C17H17N3O2S/c1-10-8-18-17(23-10)20-6-5-15-13(9-20)12-7-11(16(21)22-2)3-4-14(12)19-15/h3-4,7-8,19H,5-6,9H2,1-2H3. The summed E-state index contributed by atoms with van der Waals surface area (Å²) in [6.07, 6.45) is 2.87. The lowest BCUT2D eigenvalue weighted by Crippen LogP contribution is -2.29. The van der Waals surface area contributed by atoms with Crippen LogP contribution in [0.3, 0.4) is 0 Å². The van der Waals surface area contributed by atoms with Crippen molar-refractivity contribution in [1.82, 2.24) is 9.97 Å². The lowest BCUT2D eigenvalue weighted by molar-refractivity contribution is 0.0601. The Morgan fingerprint density at radius 1 is 1.43 bits per heavy atom. The molecule has 0 atom stereocenters. The smallest absolute Gasteiger partial charge is 0.337 e. The molecule has 6 heteroatoms. The Labute approximate surface area is 137 Å². The molecule has 3 heterocycles. The first-order valence-corrected chi connectivity index (χ1v) is 8.36. The highest BCUT2D eigenvalue weighted by molar-refractivity contribution is 7.15. The van der Waals surface area contributed by atoms with Gasteiger partial charge in [0.1, 0.15) is 0 Å². The molecule has 3 aromatic rings. The molecule has 1 aromatic carbocycles. The highest BCUT2D eigenvalue weighted by atomic mass is 32.1. The second-order valence-electron chi connectivity index (χ2n) is 5.76. The molecule has 4 rings (SSSR count). The van der Waals surface area contributed by atoms with Crippen molar-refractivity contribution in [2.45, 2.75) is 19.9 Å². The number of aryl methyl sites for hydroxylation is 1. The summed E-state index contributed by atoms with van der Waals surface area (Å²) in [5, 5.41) is 2.16. The van der Waals surface area contributed by atoms with Gasteiger partial charge < -0.3 is 14.6 Å². The minimum Gasteiger partial charge on any atom is -0.465 e. The number of fused-ring (bicyclic) bond motifs is 3. The SMILES string of the molecule is COC(=O)c1ccc2[nH]c3c(c2c1)CN(c1ncc(C)s1)CC3. The summed E-state index contributed by atoms with van der Waals surface area (Å²) < 4.78 is 4.83. The quantitative estimate of drug-likeness (QED) is 0.734. The molecule has 0 spiro atoms. The Morgan fingerprint density at radius 2 is 2.30 bits per heavy atom. The summed E-state index contributed by atoms with van der Waals surface area (Å²) in [7, 11) is 1.41. The van der Waals surface area contributed by atoms with Gasteiger partial charge in [-0.25, -0.2) is 9.78 Å². The highest BCUT2D eigenvalue weighted by Crippen LogP contribution is 2.32. The van der Waals surface area contributed by atoms with E-state index in [0.717, 1.165) is 35.5 Å². The van der Waals surface area contributed by atoms with Gasteiger partial charge in [0, 0.05) is 52.7 Å². The molecule has 1 N–H and O–H groups in total. The molecule has 0 saturated carbocycles. The highest BCUT2D eigenvalue weighted by Gasteiger charge is 2.23. The fraction of sp³-hybridized carbons (Fsp3) is 0.294. The van der Waals surface area contributed by atoms with Gasteiger partial charge in [-0.3, -0.25) is 0 Å². The van der Waals surface area contributed by atoms with Crippen molar-refractivity contribution in [1.29, 1.82) is 0 Å². The summed E-state index contributed by atoms with van der Waals surface area (Å²) >= 11 is 1.72. The maximum Gasteiger partial charge on any atom is 0.337 e. The van der Waals surface area contributed by atoms with Gasteiger partial charge in [-0.15, -0.1) is 11.3 Å². The minimum absolute atomic E-state index is 0.301. The van der Waals surface area contributed by atoms with Crippen molar-refractivity contribution >= 4 is 33.3 Å². The fourth-order valence-corrected chi connectivity index (χ4v) is 3.90. The zero-order valence-corrected chi connectivity index (χ0v) is 13.9. The van der Waals surface area contributed by atoms with Crippen LogP contribution in [0, 0.1) is 6.92 Å². The van der Waals surface area contributed by atoms with E-state index in [4.69, 9.17) is 4.74 Å². The summed E-state index contributed by atoms with van der Waals surface area (Å²) in [5.41, 5.74) is 4.17. The van der Waals surface area contributed by atoms with Crippen molar-refractivity contribution < 1.29 is 9.53 Å². The van der Waals surface area contributed by atoms with E-state index in [1.165, 1.54) is 23.2 Å². The predicted octanol–water partition coefficient (Wildman–Crippen LogP) is 3.28. The molecule has 118 valence electrons. The third-order valence-electron chi connectivity index (χ3n) is 4.28. The van der Waals surface area contributed by atoms with Crippen LogP contribution in [0.2, 0.25) is 0 Å². The Bertz CT molecular complexity index is 897. The molecule has 0 aliphatic carbocycles. The molecule has 0 unspecified atom stereocenters. The van der Waals surface area contributed by atoms with E-state index in [9.17, 15) is 4.79 Å². The average Bonchev–Trinajstić information content (AvgIpc) is 3.16. The summed E-state index contributed by atoms with van der Waals surface area (Å²) in [6, 6.07) is 5.68. The average molecular weight is 327 g/mol. The van der Waals surface area contributed by atoms with Crippen molar-refractivity contribution in [2.75, 3.05) is 18.6 Å². The van der Waals surface area contributed by atoms with Crippen LogP contribution in [0.5, 0.6) is 0 Å². The Kier molecular flexibility index (Phi) is 3.34. The Hall–Kier alpha value is -2.34. The number of hydrogen-bond acceptors (Lipinski definition) is 5. The Morgan fingerprint density at radius 3 is 3.04 bits per heavy atom. The zero-order valence-electron chi connectivity index (χ0n) is 13.0. The lowest BCUT2D eigenvalue weighted by Gasteiger charge is -2.26. The van der Waals surface area contributed by atoms with E-state index in [-0.39, 0.29) is 5.97 Å². The predicted molar refractivity (Wildman–Crippen MR) is 91.2 cm³/mol. The van der Waals surface area contributed by atoms with Crippen LogP contribution in [0.1, 0.15) is 26.5 Å². The topological polar surface area (TPSA) is 58.2 Å². The van der Waals surface area contributed by atoms with Crippen molar-refractivity contribution in [3.8, 4) is 0 Å². The molecule has 5 nitrogen and oxygen atoms in total. The van der Waals surface area contributed by atoms with Crippen LogP contribution in [0.15, 0.2) is 24.4 Å². The first-order chi connectivity index (χ1) is 11.2. The number of methoxy groups -OCH3 is 1. The van der Waals surface area contributed by atoms with Crippen LogP contribution in [0.25, 0.3) is 10.9 Å². The number of aromatic amines is 1. The number of esters is 1. The van der Waals surface area contributed by atoms with Crippen LogP contribution in [-0.4, -0.2) is 29.6 Å². The molecule has 0 radical (unpaired) electrons. The number of aromatic nitrogens is 2. The molecule has 0 bridgehead atoms. The van der Waals surface area contributed by atoms with Gasteiger partial charge in [0.2, 0.25) is 0 Å². The third-order valence-corrected chi connectivity index (χ3v) is 5.25. The second-order valence-corrected chi connectivity index (χ2v) is 6.97. The van der Waals surface area contributed by atoms with Crippen LogP contribution in [-0.2, 0) is 17.7 Å². The number of anilines is 1. The molecule has 0 fully saturated rings. The van der Waals surface area contributed by atoms with E-state index in [2.05, 4.69) is 21.8 Å². The molecule has 23 heavy (non-hydrogen) atoms. The van der Waals surface area contributed by atoms with Gasteiger partial charge in [0.25, 0.3) is 0 Å². The largest absolute Gasteiger partial charge is 0.465 e. The lowest BCUT2D eigenvalue weighted by atomic mass is 10.0. The van der Waals surface area contributed by atoms with Crippen LogP contribution in [0.4, 0.5) is 5.13 Å². The van der Waals surface area contributed by atoms with E-state index in [1.807, 2.05) is 18.3 Å². The van der Waals surface area contributed by atoms with Crippen molar-refractivity contribution in [3.63, 3.8) is 0 Å². The minimum atomic E-state index is -0.301. The van der Waals surface area contributed by atoms with Crippen molar-refractivity contribution in [2.24, 2.45) is 0 Å². The second kappa shape index (κ2) is 5.38.